The molecule has 0 fully saturated rings. The molecule has 2 N–H and O–H groups in total. The van der Waals surface area contributed by atoms with Gasteiger partial charge in [0.2, 0.25) is 0 Å². The second-order valence-corrected chi connectivity index (χ2v) is 3.44. The molecular weight excluding hydrogens is 225 g/mol. The lowest BCUT2D eigenvalue weighted by Crippen LogP contribution is -1.96. The first-order valence-corrected chi connectivity index (χ1v) is 4.87. The minimum atomic E-state index is -1.06. The van der Waals surface area contributed by atoms with Crippen molar-refractivity contribution in [2.45, 2.75) is 0 Å². The summed E-state index contributed by atoms with van der Waals surface area (Å²) in [5.74, 6) is -1.46. The fourth-order valence-electron chi connectivity index (χ4n) is 1.61. The van der Waals surface area contributed by atoms with Crippen molar-refractivity contribution in [1.29, 1.82) is 0 Å². The number of methoxy groups -OCH3 is 1. The zero-order valence-corrected chi connectivity index (χ0v) is 9.03. The number of carbonyl (C=O) groups is 1. The van der Waals surface area contributed by atoms with E-state index in [1.54, 1.807) is 6.07 Å². The second kappa shape index (κ2) is 4.29. The maximum absolute atomic E-state index is 13.5. The van der Waals surface area contributed by atoms with E-state index in [1.807, 2.05) is 0 Å². The van der Waals surface area contributed by atoms with Crippen LogP contribution in [-0.2, 0) is 0 Å². The minimum Gasteiger partial charge on any atom is -0.494 e. The average molecular weight is 235 g/mol. The zero-order chi connectivity index (χ0) is 12.4. The number of nitrogens with one attached hydrogen (secondary N) is 1. The number of aromatic amines is 1. The lowest BCUT2D eigenvalue weighted by Gasteiger charge is -2.04. The molecule has 2 rings (SSSR count). The number of carboxylic acids is 1. The Morgan fingerprint density at radius 3 is 2.76 bits per heavy atom. The number of hydrogen-bond acceptors (Lipinski definition) is 2. The van der Waals surface area contributed by atoms with Gasteiger partial charge in [0.25, 0.3) is 0 Å². The van der Waals surface area contributed by atoms with Gasteiger partial charge in [0, 0.05) is 18.0 Å². The number of aromatic nitrogens is 1. The molecule has 0 unspecified atom stereocenters. The standard InChI is InChI=1S/C12H10FNO3/c1-17-11-3-2-7(4-10(11)13)8-5-14-6-9(8)12(15)16/h2-6,14H,1H3,(H,15,16). The Bertz CT molecular complexity index is 563. The summed E-state index contributed by atoms with van der Waals surface area (Å²) in [6, 6.07) is 4.31. The zero-order valence-electron chi connectivity index (χ0n) is 9.03. The number of carboxylic acid groups (broad SMARTS) is 1. The Balaban J connectivity index is 2.50. The first kappa shape index (κ1) is 11.2. The highest BCUT2D eigenvalue weighted by Crippen LogP contribution is 2.27. The van der Waals surface area contributed by atoms with Gasteiger partial charge < -0.3 is 14.8 Å². The predicted molar refractivity (Wildman–Crippen MR) is 59.7 cm³/mol. The van der Waals surface area contributed by atoms with Gasteiger partial charge in [-0.05, 0) is 17.7 Å². The van der Waals surface area contributed by atoms with E-state index in [-0.39, 0.29) is 11.3 Å². The van der Waals surface area contributed by atoms with E-state index >= 15 is 0 Å². The Morgan fingerprint density at radius 1 is 1.41 bits per heavy atom. The van der Waals surface area contributed by atoms with Crippen LogP contribution in [0.1, 0.15) is 10.4 Å². The van der Waals surface area contributed by atoms with E-state index in [0.29, 0.717) is 11.1 Å². The number of hydrogen-bond donors (Lipinski definition) is 2. The van der Waals surface area contributed by atoms with E-state index in [9.17, 15) is 9.18 Å². The lowest BCUT2D eigenvalue weighted by atomic mass is 10.0. The molecule has 17 heavy (non-hydrogen) atoms. The summed E-state index contributed by atoms with van der Waals surface area (Å²) < 4.78 is 18.3. The van der Waals surface area contributed by atoms with E-state index in [2.05, 4.69) is 4.98 Å². The maximum Gasteiger partial charge on any atom is 0.337 e. The van der Waals surface area contributed by atoms with Crippen LogP contribution < -0.4 is 4.74 Å². The molecule has 2 aromatic rings. The van der Waals surface area contributed by atoms with Crippen LogP contribution in [0.4, 0.5) is 4.39 Å². The summed E-state index contributed by atoms with van der Waals surface area (Å²) in [5, 5.41) is 8.95. The van der Waals surface area contributed by atoms with Crippen molar-refractivity contribution in [2.24, 2.45) is 0 Å². The van der Waals surface area contributed by atoms with Crippen LogP contribution in [-0.4, -0.2) is 23.2 Å². The summed E-state index contributed by atoms with van der Waals surface area (Å²) in [5.41, 5.74) is 1.04. The molecule has 0 saturated heterocycles. The van der Waals surface area contributed by atoms with Crippen LogP contribution in [0, 0.1) is 5.82 Å². The first-order chi connectivity index (χ1) is 8.13. The first-order valence-electron chi connectivity index (χ1n) is 4.87. The molecule has 5 heteroatoms. The molecule has 0 aliphatic rings. The van der Waals surface area contributed by atoms with Crippen molar-refractivity contribution in [3.8, 4) is 16.9 Å². The Kier molecular flexibility index (Phi) is 2.82. The SMILES string of the molecule is COc1ccc(-c2c[nH]cc2C(=O)O)cc1F. The summed E-state index contributed by atoms with van der Waals surface area (Å²) >= 11 is 0. The van der Waals surface area contributed by atoms with Gasteiger partial charge >= 0.3 is 5.97 Å². The summed E-state index contributed by atoms with van der Waals surface area (Å²) in [6.45, 7) is 0. The van der Waals surface area contributed by atoms with Crippen molar-refractivity contribution >= 4 is 5.97 Å². The molecule has 1 aromatic heterocycles. The summed E-state index contributed by atoms with van der Waals surface area (Å²) in [7, 11) is 1.37. The van der Waals surface area contributed by atoms with E-state index < -0.39 is 11.8 Å². The molecule has 4 nitrogen and oxygen atoms in total. The largest absolute Gasteiger partial charge is 0.494 e. The molecule has 0 bridgehead atoms. The highest BCUT2D eigenvalue weighted by molar-refractivity contribution is 5.95. The third-order valence-electron chi connectivity index (χ3n) is 2.44. The van der Waals surface area contributed by atoms with Gasteiger partial charge in [-0.2, -0.15) is 0 Å². The molecule has 0 saturated carbocycles. The van der Waals surface area contributed by atoms with Gasteiger partial charge in [0.05, 0.1) is 12.7 Å². The smallest absolute Gasteiger partial charge is 0.337 e. The van der Waals surface area contributed by atoms with Gasteiger partial charge in [-0.1, -0.05) is 6.07 Å². The fraction of sp³-hybridized carbons (Fsp3) is 0.0833. The van der Waals surface area contributed by atoms with E-state index in [4.69, 9.17) is 9.84 Å². The number of ether oxygens (including phenoxy) is 1. The lowest BCUT2D eigenvalue weighted by molar-refractivity contribution is 0.0698. The third-order valence-corrected chi connectivity index (χ3v) is 2.44. The van der Waals surface area contributed by atoms with E-state index in [0.717, 1.165) is 0 Å². The number of aromatic carboxylic acids is 1. The van der Waals surface area contributed by atoms with Gasteiger partial charge in [-0.3, -0.25) is 0 Å². The van der Waals surface area contributed by atoms with E-state index in [1.165, 1.54) is 31.6 Å². The molecule has 0 aliphatic heterocycles. The number of halogens is 1. The van der Waals surface area contributed by atoms with Crippen LogP contribution in [0.15, 0.2) is 30.6 Å². The van der Waals surface area contributed by atoms with Crippen LogP contribution in [0.3, 0.4) is 0 Å². The highest BCUT2D eigenvalue weighted by Gasteiger charge is 2.14. The number of rotatable bonds is 3. The van der Waals surface area contributed by atoms with Gasteiger partial charge in [-0.25, -0.2) is 9.18 Å². The Labute approximate surface area is 96.7 Å². The summed E-state index contributed by atoms with van der Waals surface area (Å²) in [6.07, 6.45) is 2.88. The minimum absolute atomic E-state index is 0.106. The van der Waals surface area contributed by atoms with Crippen LogP contribution in [0.25, 0.3) is 11.1 Å². The molecular formula is C12H10FNO3. The Morgan fingerprint density at radius 2 is 2.18 bits per heavy atom. The number of benzene rings is 1. The van der Waals surface area contributed by atoms with Crippen molar-refractivity contribution in [3.05, 3.63) is 42.0 Å². The number of H-pyrrole nitrogens is 1. The van der Waals surface area contributed by atoms with Gasteiger partial charge in [0.1, 0.15) is 0 Å². The van der Waals surface area contributed by atoms with Crippen molar-refractivity contribution in [2.75, 3.05) is 7.11 Å². The molecule has 88 valence electrons. The third kappa shape index (κ3) is 1.99. The van der Waals surface area contributed by atoms with Gasteiger partial charge in [-0.15, -0.1) is 0 Å². The molecule has 0 aliphatic carbocycles. The van der Waals surface area contributed by atoms with Crippen LogP contribution in [0.2, 0.25) is 0 Å². The molecule has 0 atom stereocenters. The van der Waals surface area contributed by atoms with Gasteiger partial charge in [0.15, 0.2) is 11.6 Å². The van der Waals surface area contributed by atoms with Crippen molar-refractivity contribution in [1.82, 2.24) is 4.98 Å². The molecule has 0 spiro atoms. The summed E-state index contributed by atoms with van der Waals surface area (Å²) in [4.78, 5) is 13.6. The maximum atomic E-state index is 13.5. The average Bonchev–Trinajstić information content (AvgIpc) is 2.77. The predicted octanol–water partition coefficient (Wildman–Crippen LogP) is 2.53. The fourth-order valence-corrected chi connectivity index (χ4v) is 1.61. The molecule has 1 heterocycles. The van der Waals surface area contributed by atoms with Crippen LogP contribution in [0.5, 0.6) is 5.75 Å². The van der Waals surface area contributed by atoms with Crippen molar-refractivity contribution < 1.29 is 19.0 Å². The Hall–Kier alpha value is -2.30. The highest BCUT2D eigenvalue weighted by atomic mass is 19.1. The topological polar surface area (TPSA) is 62.3 Å². The normalized spacial score (nSPS) is 10.2. The molecule has 1 aromatic carbocycles. The second-order valence-electron chi connectivity index (χ2n) is 3.44. The monoisotopic (exact) mass is 235 g/mol. The quantitative estimate of drug-likeness (QED) is 0.859. The molecule has 0 radical (unpaired) electrons. The van der Waals surface area contributed by atoms with Crippen molar-refractivity contribution in [3.63, 3.8) is 0 Å². The van der Waals surface area contributed by atoms with Crippen LogP contribution >= 0.6 is 0 Å². The molecule has 0 amide bonds.